The molecule has 0 saturated carbocycles. The number of nitrogens with one attached hydrogen (secondary N) is 2. The van der Waals surface area contributed by atoms with E-state index in [1.165, 1.54) is 16.9 Å². The van der Waals surface area contributed by atoms with Crippen molar-refractivity contribution in [3.05, 3.63) is 107 Å². The van der Waals surface area contributed by atoms with Crippen LogP contribution in [0.1, 0.15) is 22.3 Å². The van der Waals surface area contributed by atoms with Crippen molar-refractivity contribution in [1.29, 1.82) is 0 Å². The van der Waals surface area contributed by atoms with Crippen molar-refractivity contribution >= 4 is 29.2 Å². The summed E-state index contributed by atoms with van der Waals surface area (Å²) < 4.78 is 46.9. The number of hydrogen-bond donors (Lipinski definition) is 3. The molecule has 1 aromatic heterocycles. The van der Waals surface area contributed by atoms with Gasteiger partial charge in [0.2, 0.25) is 24.5 Å². The predicted octanol–water partition coefficient (Wildman–Crippen LogP) is 4.98. The molecule has 0 aliphatic heterocycles. The van der Waals surface area contributed by atoms with Crippen molar-refractivity contribution < 1.29 is 37.1 Å². The first kappa shape index (κ1) is 27.3. The summed E-state index contributed by atoms with van der Waals surface area (Å²) >= 11 is 0. The Morgan fingerprint density at radius 2 is 1.59 bits per heavy atom. The van der Waals surface area contributed by atoms with Gasteiger partial charge in [0.15, 0.2) is 11.3 Å². The Hall–Kier alpha value is -4.71. The molecule has 3 amide bonds. The van der Waals surface area contributed by atoms with Gasteiger partial charge in [-0.25, -0.2) is 0 Å². The minimum absolute atomic E-state index is 0.0353. The maximum Gasteiger partial charge on any atom is 0.416 e. The van der Waals surface area contributed by atoms with E-state index in [0.717, 1.165) is 23.3 Å². The topological polar surface area (TPSA) is 122 Å². The molecule has 0 aliphatic carbocycles. The first-order chi connectivity index (χ1) is 18.7. The molecule has 39 heavy (non-hydrogen) atoms. The van der Waals surface area contributed by atoms with E-state index in [1.807, 2.05) is 24.3 Å². The normalized spacial score (nSPS) is 11.2. The number of urea groups is 1. The number of hydrogen-bond acceptors (Lipinski definition) is 5. The van der Waals surface area contributed by atoms with Crippen LogP contribution < -0.4 is 15.3 Å². The Bertz CT molecular complexity index is 1420. The van der Waals surface area contributed by atoms with Gasteiger partial charge < -0.3 is 25.6 Å². The highest BCUT2D eigenvalue weighted by molar-refractivity contribution is 6.04. The average Bonchev–Trinajstić information content (AvgIpc) is 3.31. The number of carbonyl (C=O) groups is 2. The second-order valence-corrected chi connectivity index (χ2v) is 8.58. The molecule has 0 bridgehead atoms. The highest BCUT2D eigenvalue weighted by Crippen LogP contribution is 2.34. The maximum absolute atomic E-state index is 13.5. The summed E-state index contributed by atoms with van der Waals surface area (Å²) in [6.45, 7) is 0.370. The van der Waals surface area contributed by atoms with Gasteiger partial charge in [0, 0.05) is 17.9 Å². The molecule has 0 atom stereocenters. The quantitative estimate of drug-likeness (QED) is 0.259. The SMILES string of the molecule is O=C(Cc1ccccc1)Nc1cc(NC(=O)[N-]c2c[n+](Cc3ccc(CCO)cc3)no2)cc(C(F)(F)F)c1. The third-order valence-corrected chi connectivity index (χ3v) is 5.48. The predicted molar refractivity (Wildman–Crippen MR) is 135 cm³/mol. The largest absolute Gasteiger partial charge is 0.424 e. The van der Waals surface area contributed by atoms with Gasteiger partial charge in [0.25, 0.3) is 0 Å². The third kappa shape index (κ3) is 8.14. The third-order valence-electron chi connectivity index (χ3n) is 5.48. The smallest absolute Gasteiger partial charge is 0.416 e. The fraction of sp³-hybridized carbons (Fsp3) is 0.185. The van der Waals surface area contributed by atoms with E-state index in [9.17, 15) is 22.8 Å². The van der Waals surface area contributed by atoms with E-state index in [4.69, 9.17) is 9.63 Å². The average molecular weight is 540 g/mol. The number of nitrogens with zero attached hydrogens (tertiary/aromatic N) is 3. The summed E-state index contributed by atoms with van der Waals surface area (Å²) in [5, 5.41) is 21.2. The van der Waals surface area contributed by atoms with Crippen LogP contribution in [-0.2, 0) is 30.4 Å². The van der Waals surface area contributed by atoms with E-state index in [0.29, 0.717) is 18.5 Å². The number of halogens is 3. The minimum atomic E-state index is -4.72. The number of anilines is 2. The van der Waals surface area contributed by atoms with Crippen molar-refractivity contribution in [1.82, 2.24) is 5.27 Å². The molecule has 4 aromatic rings. The molecule has 9 nitrogen and oxygen atoms in total. The van der Waals surface area contributed by atoms with Crippen LogP contribution in [0, 0.1) is 0 Å². The molecule has 4 rings (SSSR count). The lowest BCUT2D eigenvalue weighted by Gasteiger charge is -2.18. The Labute approximate surface area is 221 Å². The molecule has 0 unspecified atom stereocenters. The summed E-state index contributed by atoms with van der Waals surface area (Å²) in [7, 11) is 0. The van der Waals surface area contributed by atoms with E-state index in [-0.39, 0.29) is 30.3 Å². The van der Waals surface area contributed by atoms with Gasteiger partial charge in [0.1, 0.15) is 0 Å². The lowest BCUT2D eigenvalue weighted by Crippen LogP contribution is -2.35. The lowest BCUT2D eigenvalue weighted by molar-refractivity contribution is -0.754. The Balaban J connectivity index is 1.40. The first-order valence-electron chi connectivity index (χ1n) is 11.8. The summed E-state index contributed by atoms with van der Waals surface area (Å²) in [5.41, 5.74) is 1.15. The zero-order chi connectivity index (χ0) is 27.8. The molecule has 202 valence electrons. The Morgan fingerprint density at radius 1 is 0.923 bits per heavy atom. The second kappa shape index (κ2) is 12.2. The summed E-state index contributed by atoms with van der Waals surface area (Å²) in [6.07, 6.45) is -2.85. The van der Waals surface area contributed by atoms with E-state index in [1.54, 1.807) is 30.3 Å². The van der Waals surface area contributed by atoms with Gasteiger partial charge in [-0.2, -0.15) is 13.2 Å². The molecular weight excluding hydrogens is 515 g/mol. The number of aromatic nitrogens is 2. The molecule has 0 fully saturated rings. The van der Waals surface area contributed by atoms with Crippen molar-refractivity contribution in [2.24, 2.45) is 0 Å². The van der Waals surface area contributed by atoms with Gasteiger partial charge >= 0.3 is 6.18 Å². The molecule has 3 aromatic carbocycles. The number of aliphatic hydroxyl groups excluding tert-OH is 1. The standard InChI is InChI=1S/C27H24F3N5O4/c28-27(29,30)21-13-22(31-24(37)12-19-4-2-1-3-5-19)15-23(14-21)32-26(38)33-25-17-35(34-39-25)16-20-8-6-18(7-9-20)10-11-36/h1-9,13-15,17,36H,10-12,16H2,(H2-,31,32,33,34,37,38). The molecule has 12 heteroatoms. The van der Waals surface area contributed by atoms with Crippen LogP contribution in [0.5, 0.6) is 0 Å². The number of amides is 3. The molecule has 1 heterocycles. The zero-order valence-corrected chi connectivity index (χ0v) is 20.5. The summed E-state index contributed by atoms with van der Waals surface area (Å²) in [4.78, 5) is 24.8. The molecule has 0 radical (unpaired) electrons. The fourth-order valence-corrected chi connectivity index (χ4v) is 3.69. The van der Waals surface area contributed by atoms with Gasteiger partial charge in [-0.05, 0) is 46.1 Å². The van der Waals surface area contributed by atoms with Gasteiger partial charge in [0.05, 0.1) is 12.0 Å². The summed E-state index contributed by atoms with van der Waals surface area (Å²) in [6, 6.07) is 17.9. The van der Waals surface area contributed by atoms with E-state index >= 15 is 0 Å². The number of alkyl halides is 3. The number of aliphatic hydroxyl groups is 1. The van der Waals surface area contributed by atoms with Crippen molar-refractivity contribution in [3.8, 4) is 0 Å². The molecule has 0 aliphatic rings. The van der Waals surface area contributed by atoms with Crippen molar-refractivity contribution in [2.75, 3.05) is 17.2 Å². The van der Waals surface area contributed by atoms with Gasteiger partial charge in [-0.1, -0.05) is 54.6 Å². The van der Waals surface area contributed by atoms with Crippen LogP contribution >= 0.6 is 0 Å². The highest BCUT2D eigenvalue weighted by atomic mass is 19.4. The van der Waals surface area contributed by atoms with E-state index < -0.39 is 23.7 Å². The lowest BCUT2D eigenvalue weighted by atomic mass is 10.1. The van der Waals surface area contributed by atoms with Crippen molar-refractivity contribution in [2.45, 2.75) is 25.6 Å². The maximum atomic E-state index is 13.5. The Morgan fingerprint density at radius 3 is 2.26 bits per heavy atom. The van der Waals surface area contributed by atoms with Crippen LogP contribution in [0.2, 0.25) is 0 Å². The highest BCUT2D eigenvalue weighted by Gasteiger charge is 2.31. The summed E-state index contributed by atoms with van der Waals surface area (Å²) in [5.74, 6) is -0.676. The second-order valence-electron chi connectivity index (χ2n) is 8.58. The Kier molecular flexibility index (Phi) is 8.56. The van der Waals surface area contributed by atoms with Crippen molar-refractivity contribution in [3.63, 3.8) is 0 Å². The number of rotatable bonds is 9. The molecule has 3 N–H and O–H groups in total. The molecule has 0 saturated heterocycles. The number of carbonyl (C=O) groups excluding carboxylic acids is 2. The van der Waals surface area contributed by atoms with Crippen LogP contribution in [0.3, 0.4) is 0 Å². The van der Waals surface area contributed by atoms with Crippen LogP contribution in [-0.4, -0.2) is 28.9 Å². The monoisotopic (exact) mass is 539 g/mol. The van der Waals surface area contributed by atoms with Gasteiger partial charge in [-0.15, -0.1) is 0 Å². The minimum Gasteiger partial charge on any atom is -0.424 e. The van der Waals surface area contributed by atoms with Crippen LogP contribution in [0.15, 0.2) is 83.5 Å². The zero-order valence-electron chi connectivity index (χ0n) is 20.5. The molecule has 0 spiro atoms. The van der Waals surface area contributed by atoms with Gasteiger partial charge in [-0.3, -0.25) is 9.59 Å². The molecular formula is C27H24F3N5O4. The van der Waals surface area contributed by atoms with Crippen LogP contribution in [0.25, 0.3) is 5.32 Å². The van der Waals surface area contributed by atoms with Crippen LogP contribution in [0.4, 0.5) is 35.2 Å². The fourth-order valence-electron chi connectivity index (χ4n) is 3.69. The first-order valence-corrected chi connectivity index (χ1v) is 11.8. The van der Waals surface area contributed by atoms with E-state index in [2.05, 4.69) is 21.2 Å². The number of benzene rings is 3.